The molecule has 0 radical (unpaired) electrons. The molecule has 2 heterocycles. The van der Waals surface area contributed by atoms with Gasteiger partial charge in [0.2, 0.25) is 15.3 Å². The van der Waals surface area contributed by atoms with Gasteiger partial charge < -0.3 is 4.74 Å². The Morgan fingerprint density at radius 2 is 2.16 bits per heavy atom. The van der Waals surface area contributed by atoms with Crippen LogP contribution < -0.4 is 0 Å². The lowest BCUT2D eigenvalue weighted by molar-refractivity contribution is 0.0495. The second-order valence-corrected chi connectivity index (χ2v) is 6.94. The molecule has 106 valence electrons. The normalized spacial score (nSPS) is 20.7. The molecular formula is C11H16ClN3O3S. The zero-order chi connectivity index (χ0) is 13.9. The van der Waals surface area contributed by atoms with Gasteiger partial charge >= 0.3 is 0 Å². The van der Waals surface area contributed by atoms with Crippen molar-refractivity contribution in [3.8, 4) is 0 Å². The lowest BCUT2D eigenvalue weighted by Crippen LogP contribution is -2.35. The molecule has 0 aliphatic carbocycles. The van der Waals surface area contributed by atoms with Crippen LogP contribution in [0.3, 0.4) is 0 Å². The van der Waals surface area contributed by atoms with Gasteiger partial charge in [0, 0.05) is 20.2 Å². The van der Waals surface area contributed by atoms with Gasteiger partial charge in [-0.15, -0.1) is 0 Å². The number of rotatable bonds is 4. The summed E-state index contributed by atoms with van der Waals surface area (Å²) in [6.45, 7) is 1.81. The van der Waals surface area contributed by atoms with Crippen molar-refractivity contribution in [3.63, 3.8) is 0 Å². The maximum absolute atomic E-state index is 12.3. The van der Waals surface area contributed by atoms with Gasteiger partial charge in [-0.2, -0.15) is 0 Å². The summed E-state index contributed by atoms with van der Waals surface area (Å²) in [5.74, 6) is 0.238. The summed E-state index contributed by atoms with van der Waals surface area (Å²) in [5.41, 5.74) is 0. The van der Waals surface area contributed by atoms with Gasteiger partial charge in [-0.25, -0.2) is 22.7 Å². The second-order valence-electron chi connectivity index (χ2n) is 4.56. The third kappa shape index (κ3) is 3.62. The number of sulfonamides is 1. The molecule has 1 fully saturated rings. The van der Waals surface area contributed by atoms with Crippen molar-refractivity contribution in [2.24, 2.45) is 5.92 Å². The van der Waals surface area contributed by atoms with E-state index in [1.165, 1.54) is 16.7 Å². The topological polar surface area (TPSA) is 72.4 Å². The highest BCUT2D eigenvalue weighted by molar-refractivity contribution is 7.89. The number of hydrogen-bond acceptors (Lipinski definition) is 5. The summed E-state index contributed by atoms with van der Waals surface area (Å²) in [7, 11) is -2.01. The fraction of sp³-hybridized carbons (Fsp3) is 0.636. The lowest BCUT2D eigenvalue weighted by atomic mass is 10.0. The molecule has 1 aromatic rings. The number of aromatic nitrogens is 2. The molecule has 0 amide bonds. The van der Waals surface area contributed by atoms with Crippen molar-refractivity contribution >= 4 is 21.6 Å². The van der Waals surface area contributed by atoms with E-state index in [-0.39, 0.29) is 16.1 Å². The molecule has 1 aromatic heterocycles. The smallest absolute Gasteiger partial charge is 0.245 e. The monoisotopic (exact) mass is 305 g/mol. The van der Waals surface area contributed by atoms with Crippen LogP contribution in [-0.4, -0.2) is 49.5 Å². The molecular weight excluding hydrogens is 290 g/mol. The van der Waals surface area contributed by atoms with E-state index in [0.29, 0.717) is 13.2 Å². The van der Waals surface area contributed by atoms with Crippen LogP contribution in [0.5, 0.6) is 0 Å². The molecule has 1 atom stereocenters. The Morgan fingerprint density at radius 3 is 2.74 bits per heavy atom. The van der Waals surface area contributed by atoms with Crippen LogP contribution in [0.25, 0.3) is 0 Å². The average Bonchev–Trinajstić information content (AvgIpc) is 2.40. The average molecular weight is 306 g/mol. The summed E-state index contributed by atoms with van der Waals surface area (Å²) in [6.07, 6.45) is 4.40. The van der Waals surface area contributed by atoms with Gasteiger partial charge in [0.1, 0.15) is 4.90 Å². The first-order valence-electron chi connectivity index (χ1n) is 6.02. The summed E-state index contributed by atoms with van der Waals surface area (Å²) < 4.78 is 31.2. The number of nitrogens with zero attached hydrogens (tertiary/aromatic N) is 3. The van der Waals surface area contributed by atoms with E-state index in [1.807, 2.05) is 0 Å². The van der Waals surface area contributed by atoms with Gasteiger partial charge in [-0.1, -0.05) is 0 Å². The maximum atomic E-state index is 12.3. The number of ether oxygens (including phenoxy) is 1. The molecule has 0 N–H and O–H groups in total. The maximum Gasteiger partial charge on any atom is 0.245 e. The van der Waals surface area contributed by atoms with Crippen molar-refractivity contribution in [2.45, 2.75) is 17.7 Å². The van der Waals surface area contributed by atoms with Crippen molar-refractivity contribution in [1.29, 1.82) is 0 Å². The lowest BCUT2D eigenvalue weighted by Gasteiger charge is -2.26. The second kappa shape index (κ2) is 6.13. The predicted octanol–water partition coefficient (Wildman–Crippen LogP) is 1.18. The van der Waals surface area contributed by atoms with Crippen LogP contribution in [0.1, 0.15) is 12.8 Å². The Hall–Kier alpha value is -0.760. The van der Waals surface area contributed by atoms with Crippen LogP contribution in [0.4, 0.5) is 0 Å². The molecule has 1 unspecified atom stereocenters. The Morgan fingerprint density at radius 1 is 1.47 bits per heavy atom. The minimum Gasteiger partial charge on any atom is -0.381 e. The third-order valence-electron chi connectivity index (χ3n) is 3.07. The van der Waals surface area contributed by atoms with Crippen LogP contribution in [0.15, 0.2) is 17.3 Å². The summed E-state index contributed by atoms with van der Waals surface area (Å²) in [4.78, 5) is 7.45. The van der Waals surface area contributed by atoms with E-state index in [4.69, 9.17) is 16.3 Å². The minimum absolute atomic E-state index is 0.0299. The van der Waals surface area contributed by atoms with Crippen molar-refractivity contribution in [3.05, 3.63) is 17.7 Å². The molecule has 0 spiro atoms. The zero-order valence-corrected chi connectivity index (χ0v) is 12.2. The SMILES string of the molecule is CN(CC1CCCOC1)S(=O)(=O)c1cnc(Cl)nc1. The highest BCUT2D eigenvalue weighted by Gasteiger charge is 2.25. The highest BCUT2D eigenvalue weighted by Crippen LogP contribution is 2.19. The predicted molar refractivity (Wildman–Crippen MR) is 70.4 cm³/mol. The van der Waals surface area contributed by atoms with Gasteiger partial charge in [0.15, 0.2) is 0 Å². The van der Waals surface area contributed by atoms with Crippen molar-refractivity contribution < 1.29 is 13.2 Å². The number of halogens is 1. The molecule has 0 saturated carbocycles. The number of hydrogen-bond donors (Lipinski definition) is 0. The van der Waals surface area contributed by atoms with Gasteiger partial charge in [0.05, 0.1) is 19.0 Å². The molecule has 1 saturated heterocycles. The largest absolute Gasteiger partial charge is 0.381 e. The minimum atomic E-state index is -3.56. The van der Waals surface area contributed by atoms with E-state index in [9.17, 15) is 8.42 Å². The summed E-state index contributed by atoms with van der Waals surface area (Å²) in [5, 5.41) is 0.0299. The van der Waals surface area contributed by atoms with Crippen molar-refractivity contribution in [1.82, 2.24) is 14.3 Å². The Labute approximate surface area is 117 Å². The molecule has 8 heteroatoms. The first-order chi connectivity index (χ1) is 9.00. The van der Waals surface area contributed by atoms with Crippen molar-refractivity contribution in [2.75, 3.05) is 26.8 Å². The molecule has 0 bridgehead atoms. The summed E-state index contributed by atoms with van der Waals surface area (Å²) in [6, 6.07) is 0. The van der Waals surface area contributed by atoms with Crippen LogP contribution in [-0.2, 0) is 14.8 Å². The highest BCUT2D eigenvalue weighted by atomic mass is 35.5. The fourth-order valence-electron chi connectivity index (χ4n) is 2.03. The third-order valence-corrected chi connectivity index (χ3v) is 5.05. The quantitative estimate of drug-likeness (QED) is 0.781. The van der Waals surface area contributed by atoms with E-state index in [2.05, 4.69) is 9.97 Å². The molecule has 2 rings (SSSR count). The van der Waals surface area contributed by atoms with Gasteiger partial charge in [0.25, 0.3) is 0 Å². The molecule has 0 aromatic carbocycles. The van der Waals surface area contributed by atoms with E-state index >= 15 is 0 Å². The molecule has 1 aliphatic rings. The summed E-state index contributed by atoms with van der Waals surface area (Å²) >= 11 is 5.55. The van der Waals surface area contributed by atoms with Crippen LogP contribution >= 0.6 is 11.6 Å². The molecule has 19 heavy (non-hydrogen) atoms. The van der Waals surface area contributed by atoms with Gasteiger partial charge in [-0.3, -0.25) is 0 Å². The standard InChI is InChI=1S/C11H16ClN3O3S/c1-15(7-9-3-2-4-18-8-9)19(16,17)10-5-13-11(12)14-6-10/h5-6,9H,2-4,7-8H2,1H3. The van der Waals surface area contributed by atoms with E-state index < -0.39 is 10.0 Å². The van der Waals surface area contributed by atoms with Crippen LogP contribution in [0.2, 0.25) is 5.28 Å². The molecule has 6 nitrogen and oxygen atoms in total. The van der Waals surface area contributed by atoms with E-state index in [0.717, 1.165) is 19.4 Å². The fourth-order valence-corrected chi connectivity index (χ4v) is 3.26. The Balaban J connectivity index is 2.07. The first kappa shape index (κ1) is 14.6. The van der Waals surface area contributed by atoms with Crippen LogP contribution in [0, 0.1) is 5.92 Å². The Kier molecular flexibility index (Phi) is 4.72. The van der Waals surface area contributed by atoms with Gasteiger partial charge in [-0.05, 0) is 30.4 Å². The first-order valence-corrected chi connectivity index (χ1v) is 7.83. The zero-order valence-electron chi connectivity index (χ0n) is 10.6. The molecule has 1 aliphatic heterocycles. The van der Waals surface area contributed by atoms with E-state index in [1.54, 1.807) is 7.05 Å². The Bertz CT molecular complexity index is 514.